The molecular weight excluding hydrogens is 553 g/mol. The maximum absolute atomic E-state index is 13.4. The molecule has 0 radical (unpaired) electrons. The predicted octanol–water partition coefficient (Wildman–Crippen LogP) is 6.27. The fourth-order valence-electron chi connectivity index (χ4n) is 3.29. The van der Waals surface area contributed by atoms with Gasteiger partial charge in [0.1, 0.15) is 26.7 Å². The third-order valence-electron chi connectivity index (χ3n) is 4.98. The van der Waals surface area contributed by atoms with Crippen molar-refractivity contribution in [2.45, 2.75) is 57.8 Å². The van der Waals surface area contributed by atoms with Crippen molar-refractivity contribution in [1.29, 1.82) is 0 Å². The van der Waals surface area contributed by atoms with Gasteiger partial charge in [0, 0.05) is 6.26 Å². The van der Waals surface area contributed by atoms with E-state index < -0.39 is 44.8 Å². The van der Waals surface area contributed by atoms with Gasteiger partial charge in [-0.3, -0.25) is 10.1 Å². The van der Waals surface area contributed by atoms with Crippen molar-refractivity contribution in [1.82, 2.24) is 10.2 Å². The Hall–Kier alpha value is -4.39. The van der Waals surface area contributed by atoms with Gasteiger partial charge in [-0.05, 0) is 89.1 Å². The molecule has 1 heterocycles. The number of anilines is 2. The monoisotopic (exact) mass is 585 g/mol. The summed E-state index contributed by atoms with van der Waals surface area (Å²) in [5.74, 6) is -1.10. The minimum absolute atomic E-state index is 0.120. The van der Waals surface area contributed by atoms with Gasteiger partial charge in [0.25, 0.3) is 5.91 Å². The van der Waals surface area contributed by atoms with E-state index in [2.05, 4.69) is 25.2 Å². The van der Waals surface area contributed by atoms with Gasteiger partial charge < -0.3 is 14.8 Å². The molecule has 0 aliphatic heterocycles. The molecule has 0 saturated carbocycles. The summed E-state index contributed by atoms with van der Waals surface area (Å²) >= 11 is 0. The van der Waals surface area contributed by atoms with Gasteiger partial charge in [0.05, 0.1) is 11.4 Å². The lowest BCUT2D eigenvalue weighted by molar-refractivity contribution is 0.0603. The van der Waals surface area contributed by atoms with Crippen molar-refractivity contribution in [3.05, 3.63) is 66.1 Å². The third-order valence-corrected chi connectivity index (χ3v) is 6.48. The number of nitrogens with zero attached hydrogens (tertiary/aromatic N) is 3. The standard InChI is InChI=1S/C28H32FN5O6S/c1-27(2,3)39-25(36)31-20-13-10-18(17-8-11-19(29)12-9-17)16-22(20)30-24(35)21-14-15-23(33-32-21)41(7,38)34-26(37)40-28(4,5)6/h8-16H,1-7H3,(H,30,35)(H,31,36). The highest BCUT2D eigenvalue weighted by Gasteiger charge is 2.21. The summed E-state index contributed by atoms with van der Waals surface area (Å²) in [6.45, 7) is 10.1. The van der Waals surface area contributed by atoms with Crippen molar-refractivity contribution in [2.75, 3.05) is 16.9 Å². The second kappa shape index (κ2) is 12.0. The van der Waals surface area contributed by atoms with Crippen molar-refractivity contribution in [3.63, 3.8) is 0 Å². The Labute approximate surface area is 238 Å². The smallest absolute Gasteiger partial charge is 0.442 e. The maximum Gasteiger partial charge on any atom is 0.442 e. The molecule has 0 spiro atoms. The molecule has 41 heavy (non-hydrogen) atoms. The first-order valence-corrected chi connectivity index (χ1v) is 14.3. The van der Waals surface area contributed by atoms with Crippen LogP contribution in [-0.4, -0.2) is 50.0 Å². The predicted molar refractivity (Wildman–Crippen MR) is 153 cm³/mol. The van der Waals surface area contributed by atoms with E-state index in [0.29, 0.717) is 11.1 Å². The molecule has 1 atom stereocenters. The highest BCUT2D eigenvalue weighted by Crippen LogP contribution is 2.30. The summed E-state index contributed by atoms with van der Waals surface area (Å²) in [5, 5.41) is 12.8. The summed E-state index contributed by atoms with van der Waals surface area (Å²) in [7, 11) is -3.30. The Balaban J connectivity index is 1.89. The Morgan fingerprint density at radius 2 is 1.41 bits per heavy atom. The van der Waals surface area contributed by atoms with Crippen molar-refractivity contribution in [3.8, 4) is 11.1 Å². The fraction of sp³-hybridized carbons (Fsp3) is 0.321. The van der Waals surface area contributed by atoms with Gasteiger partial charge in [0.15, 0.2) is 10.7 Å². The largest absolute Gasteiger partial charge is 0.444 e. The second-order valence-electron chi connectivity index (χ2n) is 11.0. The number of carbonyl (C=O) groups is 3. The number of carbonyl (C=O) groups excluding carboxylic acids is 3. The molecule has 3 aromatic rings. The van der Waals surface area contributed by atoms with Crippen molar-refractivity contribution >= 4 is 39.2 Å². The molecule has 13 heteroatoms. The van der Waals surface area contributed by atoms with E-state index in [1.165, 1.54) is 30.5 Å². The number of rotatable bonds is 5. The third kappa shape index (κ3) is 9.34. The second-order valence-corrected chi connectivity index (χ2v) is 13.2. The number of hydrogen-bond acceptors (Lipinski definition) is 8. The topological polar surface area (TPSA) is 149 Å². The molecule has 3 amide bonds. The summed E-state index contributed by atoms with van der Waals surface area (Å²) in [4.78, 5) is 37.5. The van der Waals surface area contributed by atoms with Gasteiger partial charge in [-0.15, -0.1) is 14.6 Å². The van der Waals surface area contributed by atoms with Crippen LogP contribution in [0.1, 0.15) is 52.0 Å². The van der Waals surface area contributed by atoms with E-state index in [-0.39, 0.29) is 22.1 Å². The van der Waals surface area contributed by atoms with Crippen LogP contribution in [0.4, 0.5) is 25.4 Å². The van der Waals surface area contributed by atoms with Crippen LogP contribution >= 0.6 is 0 Å². The van der Waals surface area contributed by atoms with Crippen molar-refractivity contribution in [2.24, 2.45) is 4.36 Å². The fourth-order valence-corrected chi connectivity index (χ4v) is 4.22. The summed E-state index contributed by atoms with van der Waals surface area (Å²) in [6.07, 6.45) is -0.547. The number of hydrogen-bond donors (Lipinski definition) is 2. The molecule has 218 valence electrons. The Bertz CT molecular complexity index is 1570. The molecule has 0 bridgehead atoms. The number of aromatic nitrogens is 2. The molecule has 0 aliphatic rings. The number of nitrogens with one attached hydrogen (secondary N) is 2. The van der Waals surface area contributed by atoms with Crippen LogP contribution in [0.25, 0.3) is 11.1 Å². The highest BCUT2D eigenvalue weighted by molar-refractivity contribution is 7.93. The molecule has 0 fully saturated rings. The van der Waals surface area contributed by atoms with E-state index in [0.717, 1.165) is 0 Å². The first-order chi connectivity index (χ1) is 18.9. The van der Waals surface area contributed by atoms with Gasteiger partial charge in [-0.25, -0.2) is 18.2 Å². The maximum atomic E-state index is 13.4. The zero-order chi connectivity index (χ0) is 30.6. The van der Waals surface area contributed by atoms with Gasteiger partial charge in [-0.1, -0.05) is 18.2 Å². The molecular formula is C28H32FN5O6S. The first kappa shape index (κ1) is 31.1. The van der Waals surface area contributed by atoms with Gasteiger partial charge in [0.2, 0.25) is 0 Å². The lowest BCUT2D eigenvalue weighted by Gasteiger charge is -2.21. The normalized spacial score (nSPS) is 13.0. The lowest BCUT2D eigenvalue weighted by atomic mass is 10.0. The minimum Gasteiger partial charge on any atom is -0.444 e. The molecule has 0 saturated heterocycles. The molecule has 2 N–H and O–H groups in total. The Morgan fingerprint density at radius 1 is 0.805 bits per heavy atom. The number of benzene rings is 2. The Morgan fingerprint density at radius 3 is 1.98 bits per heavy atom. The average Bonchev–Trinajstić information content (AvgIpc) is 2.83. The van der Waals surface area contributed by atoms with E-state index in [4.69, 9.17) is 9.47 Å². The minimum atomic E-state index is -3.30. The number of ether oxygens (including phenoxy) is 2. The number of halogens is 1. The Kier molecular flexibility index (Phi) is 9.12. The van der Waals surface area contributed by atoms with Gasteiger partial charge in [-0.2, -0.15) is 0 Å². The highest BCUT2D eigenvalue weighted by atomic mass is 32.2. The summed E-state index contributed by atoms with van der Waals surface area (Å²) in [6, 6.07) is 13.2. The zero-order valence-corrected chi connectivity index (χ0v) is 24.6. The summed E-state index contributed by atoms with van der Waals surface area (Å²) in [5.41, 5.74) is 0.00849. The van der Waals surface area contributed by atoms with Crippen LogP contribution < -0.4 is 10.6 Å². The molecule has 0 aliphatic carbocycles. The van der Waals surface area contributed by atoms with E-state index in [1.807, 2.05) is 0 Å². The molecule has 1 aromatic heterocycles. The SMILES string of the molecule is CC(C)(C)OC(=O)N=S(C)(=O)c1ccc(C(=O)Nc2cc(-c3ccc(F)cc3)ccc2NC(=O)OC(C)(C)C)nn1. The van der Waals surface area contributed by atoms with E-state index in [9.17, 15) is 23.0 Å². The molecule has 3 rings (SSSR count). The average molecular weight is 586 g/mol. The van der Waals surface area contributed by atoms with Crippen LogP contribution in [0.5, 0.6) is 0 Å². The van der Waals surface area contributed by atoms with Gasteiger partial charge >= 0.3 is 12.2 Å². The molecule has 11 nitrogen and oxygen atoms in total. The van der Waals surface area contributed by atoms with E-state index >= 15 is 0 Å². The van der Waals surface area contributed by atoms with E-state index in [1.54, 1.807) is 71.9 Å². The number of amides is 3. The zero-order valence-electron chi connectivity index (χ0n) is 23.8. The van der Waals surface area contributed by atoms with Crippen LogP contribution in [0.3, 0.4) is 0 Å². The molecule has 2 aromatic carbocycles. The molecule has 1 unspecified atom stereocenters. The van der Waals surface area contributed by atoms with Crippen LogP contribution in [0.15, 0.2) is 64.0 Å². The quantitative estimate of drug-likeness (QED) is 0.356. The van der Waals surface area contributed by atoms with Crippen LogP contribution in [0.2, 0.25) is 0 Å². The van der Waals surface area contributed by atoms with Crippen LogP contribution in [0, 0.1) is 5.82 Å². The first-order valence-electron chi connectivity index (χ1n) is 12.4. The van der Waals surface area contributed by atoms with Crippen LogP contribution in [-0.2, 0) is 19.2 Å². The summed E-state index contributed by atoms with van der Waals surface area (Å²) < 4.78 is 40.4. The van der Waals surface area contributed by atoms with Crippen molar-refractivity contribution < 1.29 is 32.5 Å². The lowest BCUT2D eigenvalue weighted by Crippen LogP contribution is -2.27.